The molecule has 35 heavy (non-hydrogen) atoms. The van der Waals surface area contributed by atoms with Gasteiger partial charge in [0.1, 0.15) is 4.88 Å². The summed E-state index contributed by atoms with van der Waals surface area (Å²) in [6.45, 7) is -0.514. The van der Waals surface area contributed by atoms with Crippen molar-refractivity contribution < 1.29 is 19.2 Å². The van der Waals surface area contributed by atoms with Crippen LogP contribution in [0.15, 0.2) is 91.0 Å². The smallest absolute Gasteiger partial charge is 0.349 e. The lowest BCUT2D eigenvalue weighted by Gasteiger charge is -2.25. The van der Waals surface area contributed by atoms with Gasteiger partial charge in [-0.1, -0.05) is 78.1 Å². The number of nitrogens with one attached hydrogen (secondary N) is 1. The third kappa shape index (κ3) is 4.62. The number of amides is 1. The molecule has 1 N–H and O–H groups in total. The number of rotatable bonds is 6. The average molecular weight is 486 g/mol. The monoisotopic (exact) mass is 485 g/mol. The Morgan fingerprint density at radius 1 is 0.971 bits per heavy atom. The first-order chi connectivity index (χ1) is 17.0. The molecule has 0 fully saturated rings. The molecule has 2 heterocycles. The fourth-order valence-corrected chi connectivity index (χ4v) is 4.62. The number of thiophene rings is 1. The molecule has 8 nitrogen and oxygen atoms in total. The molecule has 1 atom stereocenters. The largest absolute Gasteiger partial charge is 0.451 e. The minimum atomic E-state index is -0.783. The number of benzene rings is 3. The lowest BCUT2D eigenvalue weighted by atomic mass is 10.0. The van der Waals surface area contributed by atoms with Crippen LogP contribution < -0.4 is 5.43 Å². The van der Waals surface area contributed by atoms with Gasteiger partial charge in [0.25, 0.3) is 5.91 Å². The summed E-state index contributed by atoms with van der Waals surface area (Å²) in [5.74, 6) is -1.24. The molecule has 0 bridgehead atoms. The fourth-order valence-electron chi connectivity index (χ4n) is 3.90. The van der Waals surface area contributed by atoms with Crippen LogP contribution in [0.5, 0.6) is 0 Å². The maximum atomic E-state index is 13.1. The summed E-state index contributed by atoms with van der Waals surface area (Å²) in [6.07, 6.45) is 1.96. The molecule has 0 saturated carbocycles. The van der Waals surface area contributed by atoms with E-state index in [1.165, 1.54) is 17.1 Å². The molecule has 1 amide bonds. The summed E-state index contributed by atoms with van der Waals surface area (Å²) in [5.41, 5.74) is 5.74. The molecule has 0 radical (unpaired) electrons. The third-order valence-electron chi connectivity index (χ3n) is 5.61. The SMILES string of the molecule is O=C(OCC(=O)N1NC(c2ccc3ccccc3c2)=C[C@@H]1c1ccccc1)c1ccc([N+](=O)[O-])s1. The predicted molar refractivity (Wildman–Crippen MR) is 132 cm³/mol. The van der Waals surface area contributed by atoms with Crippen LogP contribution in [-0.4, -0.2) is 28.4 Å². The summed E-state index contributed by atoms with van der Waals surface area (Å²) >= 11 is 0.705. The van der Waals surface area contributed by atoms with E-state index in [-0.39, 0.29) is 9.88 Å². The Labute approximate surface area is 204 Å². The van der Waals surface area contributed by atoms with E-state index in [2.05, 4.69) is 5.43 Å². The normalized spacial score (nSPS) is 14.9. The second kappa shape index (κ2) is 9.40. The Morgan fingerprint density at radius 2 is 1.71 bits per heavy atom. The Balaban J connectivity index is 1.36. The first-order valence-corrected chi connectivity index (χ1v) is 11.6. The van der Waals surface area contributed by atoms with Gasteiger partial charge in [-0.25, -0.2) is 9.80 Å². The first kappa shape index (κ1) is 22.3. The lowest BCUT2D eigenvalue weighted by molar-refractivity contribution is -0.380. The molecule has 4 aromatic rings. The van der Waals surface area contributed by atoms with Crippen LogP contribution in [-0.2, 0) is 9.53 Å². The van der Waals surface area contributed by atoms with Crippen LogP contribution in [0.4, 0.5) is 5.00 Å². The van der Waals surface area contributed by atoms with Crippen LogP contribution in [0.25, 0.3) is 16.5 Å². The first-order valence-electron chi connectivity index (χ1n) is 10.8. The number of hydrogen-bond acceptors (Lipinski definition) is 7. The van der Waals surface area contributed by atoms with E-state index in [1.54, 1.807) is 0 Å². The molecule has 9 heteroatoms. The maximum Gasteiger partial charge on any atom is 0.349 e. The minimum Gasteiger partial charge on any atom is -0.451 e. The van der Waals surface area contributed by atoms with Gasteiger partial charge >= 0.3 is 11.0 Å². The van der Waals surface area contributed by atoms with Crippen LogP contribution in [0, 0.1) is 10.1 Å². The molecule has 0 saturated heterocycles. The summed E-state index contributed by atoms with van der Waals surface area (Å²) in [5, 5.41) is 14.3. The molecule has 3 aromatic carbocycles. The van der Waals surface area contributed by atoms with Crippen molar-refractivity contribution in [2.24, 2.45) is 0 Å². The van der Waals surface area contributed by atoms with Gasteiger partial charge in [0.15, 0.2) is 6.61 Å². The summed E-state index contributed by atoms with van der Waals surface area (Å²) in [6, 6.07) is 25.7. The van der Waals surface area contributed by atoms with E-state index in [1.807, 2.05) is 78.9 Å². The second-order valence-corrected chi connectivity index (χ2v) is 8.91. The van der Waals surface area contributed by atoms with Gasteiger partial charge in [0.2, 0.25) is 0 Å². The highest BCUT2D eigenvalue weighted by molar-refractivity contribution is 7.17. The van der Waals surface area contributed by atoms with Gasteiger partial charge in [0.05, 0.1) is 16.7 Å². The van der Waals surface area contributed by atoms with Gasteiger partial charge in [-0.05, 0) is 40.1 Å². The Kier molecular flexibility index (Phi) is 5.99. The molecule has 1 aromatic heterocycles. The molecular weight excluding hydrogens is 466 g/mol. The van der Waals surface area contributed by atoms with Gasteiger partial charge in [-0.15, -0.1) is 0 Å². The van der Waals surface area contributed by atoms with Crippen LogP contribution in [0.2, 0.25) is 0 Å². The number of hydrazine groups is 1. The number of nitro groups is 1. The number of ether oxygens (including phenoxy) is 1. The van der Waals surface area contributed by atoms with Crippen molar-refractivity contribution >= 4 is 44.7 Å². The van der Waals surface area contributed by atoms with E-state index in [0.29, 0.717) is 11.3 Å². The number of carbonyl (C=O) groups is 2. The number of fused-ring (bicyclic) bond motifs is 1. The molecule has 1 aliphatic heterocycles. The zero-order valence-electron chi connectivity index (χ0n) is 18.3. The van der Waals surface area contributed by atoms with Gasteiger partial charge in [-0.3, -0.25) is 20.3 Å². The Morgan fingerprint density at radius 3 is 2.46 bits per heavy atom. The van der Waals surface area contributed by atoms with Crippen molar-refractivity contribution in [3.63, 3.8) is 0 Å². The van der Waals surface area contributed by atoms with E-state index in [9.17, 15) is 19.7 Å². The topological polar surface area (TPSA) is 102 Å². The maximum absolute atomic E-state index is 13.1. The third-order valence-corrected chi connectivity index (χ3v) is 6.63. The van der Waals surface area contributed by atoms with Crippen molar-refractivity contribution in [2.45, 2.75) is 6.04 Å². The number of carbonyl (C=O) groups excluding carboxylic acids is 2. The summed E-state index contributed by atoms with van der Waals surface area (Å²) in [4.78, 5) is 35.8. The van der Waals surface area contributed by atoms with Crippen molar-refractivity contribution in [3.05, 3.63) is 117 Å². The highest BCUT2D eigenvalue weighted by Gasteiger charge is 2.31. The highest BCUT2D eigenvalue weighted by atomic mass is 32.1. The molecule has 0 spiro atoms. The molecule has 1 aliphatic rings. The second-order valence-electron chi connectivity index (χ2n) is 7.84. The van der Waals surface area contributed by atoms with E-state index >= 15 is 0 Å². The fraction of sp³-hybridized carbons (Fsp3) is 0.0769. The van der Waals surface area contributed by atoms with E-state index < -0.39 is 29.4 Å². The highest BCUT2D eigenvalue weighted by Crippen LogP contribution is 2.32. The van der Waals surface area contributed by atoms with Crippen molar-refractivity contribution in [2.75, 3.05) is 6.61 Å². The standard InChI is InChI=1S/C26H19N3O5S/c30-24(16-34-26(31)23-12-13-25(35-23)29(32)33)28-22(18-7-2-1-3-8-18)15-21(27-28)20-11-10-17-6-4-5-9-19(17)14-20/h1-15,22,27H,16H2/t22-/m1/s1. The number of hydrogen-bond donors (Lipinski definition) is 1. The predicted octanol–water partition coefficient (Wildman–Crippen LogP) is 5.10. The van der Waals surface area contributed by atoms with Crippen LogP contribution in [0.3, 0.4) is 0 Å². The van der Waals surface area contributed by atoms with Crippen LogP contribution in [0.1, 0.15) is 26.8 Å². The molecular formula is C26H19N3O5S. The van der Waals surface area contributed by atoms with Gasteiger partial charge in [0, 0.05) is 6.07 Å². The molecule has 0 unspecified atom stereocenters. The Hall–Kier alpha value is -4.50. The summed E-state index contributed by atoms with van der Waals surface area (Å²) in [7, 11) is 0. The van der Waals surface area contributed by atoms with Crippen molar-refractivity contribution in [1.29, 1.82) is 0 Å². The summed E-state index contributed by atoms with van der Waals surface area (Å²) < 4.78 is 5.17. The number of nitrogens with zero attached hydrogens (tertiary/aromatic N) is 2. The van der Waals surface area contributed by atoms with Gasteiger partial charge in [-0.2, -0.15) is 0 Å². The molecule has 174 valence electrons. The molecule has 0 aliphatic carbocycles. The van der Waals surface area contributed by atoms with Crippen molar-refractivity contribution in [1.82, 2.24) is 10.4 Å². The zero-order valence-corrected chi connectivity index (χ0v) is 19.1. The number of esters is 1. The minimum absolute atomic E-state index is 0.0634. The van der Waals surface area contributed by atoms with Gasteiger partial charge < -0.3 is 4.74 Å². The zero-order chi connectivity index (χ0) is 24.4. The Bertz CT molecular complexity index is 1460. The van der Waals surface area contributed by atoms with E-state index in [0.717, 1.165) is 27.6 Å². The average Bonchev–Trinajstić information content (AvgIpc) is 3.56. The van der Waals surface area contributed by atoms with Crippen LogP contribution >= 0.6 is 11.3 Å². The quantitative estimate of drug-likeness (QED) is 0.232. The van der Waals surface area contributed by atoms with Crippen molar-refractivity contribution in [3.8, 4) is 0 Å². The molecule has 5 rings (SSSR count). The lowest BCUT2D eigenvalue weighted by Crippen LogP contribution is -2.42. The van der Waals surface area contributed by atoms with E-state index in [4.69, 9.17) is 4.74 Å².